The molecule has 0 bridgehead atoms. The Balaban J connectivity index is 1.50. The van der Waals surface area contributed by atoms with E-state index in [9.17, 15) is 9.18 Å². The van der Waals surface area contributed by atoms with E-state index in [1.54, 1.807) is 29.4 Å². The molecule has 0 N–H and O–H groups in total. The third kappa shape index (κ3) is 4.04. The van der Waals surface area contributed by atoms with Gasteiger partial charge in [-0.1, -0.05) is 12.1 Å². The molecule has 38 heavy (non-hydrogen) atoms. The van der Waals surface area contributed by atoms with Gasteiger partial charge in [0.05, 0.1) is 24.3 Å². The average Bonchev–Trinajstić information content (AvgIpc) is 3.43. The predicted molar refractivity (Wildman–Crippen MR) is 144 cm³/mol. The van der Waals surface area contributed by atoms with Crippen LogP contribution in [-0.2, 0) is 6.54 Å². The molecule has 0 aliphatic carbocycles. The van der Waals surface area contributed by atoms with E-state index < -0.39 is 0 Å². The van der Waals surface area contributed by atoms with E-state index in [0.717, 1.165) is 28.1 Å². The van der Waals surface area contributed by atoms with Gasteiger partial charge in [0, 0.05) is 35.8 Å². The van der Waals surface area contributed by atoms with Gasteiger partial charge >= 0.3 is 0 Å². The van der Waals surface area contributed by atoms with Crippen LogP contribution < -0.4 is 4.90 Å². The van der Waals surface area contributed by atoms with Gasteiger partial charge in [0.25, 0.3) is 5.91 Å². The highest BCUT2D eigenvalue weighted by molar-refractivity contribution is 6.18. The standard InChI is InChI=1S/C29H28FN7O/c1-5-35-27(38)24-26(37-17-29(3,4)34-28(35)37)36(16-19-6-9-22(30)10-7-19)25(33-24)21-8-11-23(32-15-21)20-12-13-31-18(2)14-20/h6-15H,5,16-17H2,1-4H3. The molecule has 6 rings (SSSR count). The second-order valence-electron chi connectivity index (χ2n) is 10.3. The number of halogens is 1. The predicted octanol–water partition coefficient (Wildman–Crippen LogP) is 4.93. The second-order valence-corrected chi connectivity index (χ2v) is 10.3. The van der Waals surface area contributed by atoms with Crippen LogP contribution in [0.4, 0.5) is 10.2 Å². The highest BCUT2D eigenvalue weighted by Gasteiger charge is 2.45. The number of aromatic nitrogens is 4. The summed E-state index contributed by atoms with van der Waals surface area (Å²) in [5, 5.41) is 0. The van der Waals surface area contributed by atoms with E-state index in [4.69, 9.17) is 15.0 Å². The summed E-state index contributed by atoms with van der Waals surface area (Å²) >= 11 is 0. The van der Waals surface area contributed by atoms with Gasteiger partial charge in [0.2, 0.25) is 5.96 Å². The smallest absolute Gasteiger partial charge is 0.283 e. The van der Waals surface area contributed by atoms with E-state index >= 15 is 0 Å². The lowest BCUT2D eigenvalue weighted by Gasteiger charge is -2.34. The summed E-state index contributed by atoms with van der Waals surface area (Å²) in [6, 6.07) is 14.2. The maximum absolute atomic E-state index is 13.7. The normalized spacial score (nSPS) is 15.9. The zero-order valence-electron chi connectivity index (χ0n) is 21.8. The number of guanidine groups is 1. The first-order valence-corrected chi connectivity index (χ1v) is 12.7. The van der Waals surface area contributed by atoms with Crippen molar-refractivity contribution in [2.45, 2.75) is 39.8 Å². The van der Waals surface area contributed by atoms with Gasteiger partial charge in [0.15, 0.2) is 5.69 Å². The van der Waals surface area contributed by atoms with Crippen molar-refractivity contribution in [2.24, 2.45) is 4.99 Å². The number of carbonyl (C=O) groups is 1. The number of hydrogen-bond acceptors (Lipinski definition) is 6. The van der Waals surface area contributed by atoms with Crippen molar-refractivity contribution >= 4 is 17.7 Å². The first-order valence-electron chi connectivity index (χ1n) is 12.7. The van der Waals surface area contributed by atoms with E-state index in [1.807, 2.05) is 42.7 Å². The minimum Gasteiger partial charge on any atom is -0.305 e. The Kier molecular flexibility index (Phi) is 5.59. The number of aliphatic imine (C=N–C) groups is 1. The number of hydrogen-bond donors (Lipinski definition) is 0. The van der Waals surface area contributed by atoms with Gasteiger partial charge in [-0.25, -0.2) is 14.4 Å². The van der Waals surface area contributed by atoms with Gasteiger partial charge < -0.3 is 4.57 Å². The molecule has 9 heteroatoms. The third-order valence-corrected chi connectivity index (χ3v) is 6.86. The van der Waals surface area contributed by atoms with Gasteiger partial charge in [-0.15, -0.1) is 0 Å². The fourth-order valence-corrected chi connectivity index (χ4v) is 5.11. The summed E-state index contributed by atoms with van der Waals surface area (Å²) in [5.41, 5.74) is 4.42. The molecule has 1 aromatic carbocycles. The molecular formula is C29H28FN7O. The number of pyridine rings is 2. The average molecular weight is 510 g/mol. The van der Waals surface area contributed by atoms with Crippen molar-refractivity contribution in [3.8, 4) is 22.6 Å². The SMILES string of the molecule is CCN1C(=O)c2nc(-c3ccc(-c4ccnc(C)c4)nc3)n(Cc3ccc(F)cc3)c2N2CC(C)(C)N=C12. The summed E-state index contributed by atoms with van der Waals surface area (Å²) in [6.07, 6.45) is 3.55. The van der Waals surface area contributed by atoms with E-state index in [2.05, 4.69) is 23.7 Å². The highest BCUT2D eigenvalue weighted by Crippen LogP contribution is 2.38. The highest BCUT2D eigenvalue weighted by atomic mass is 19.1. The molecule has 0 radical (unpaired) electrons. The first kappa shape index (κ1) is 24.0. The Morgan fingerprint density at radius 1 is 1.03 bits per heavy atom. The maximum Gasteiger partial charge on any atom is 0.283 e. The summed E-state index contributed by atoms with van der Waals surface area (Å²) in [5.74, 6) is 1.50. The van der Waals surface area contributed by atoms with Crippen molar-refractivity contribution in [3.63, 3.8) is 0 Å². The molecule has 0 spiro atoms. The number of imidazole rings is 1. The van der Waals surface area contributed by atoms with Crippen molar-refractivity contribution in [3.05, 3.63) is 83.7 Å². The van der Waals surface area contributed by atoms with Crippen LogP contribution in [0, 0.1) is 12.7 Å². The molecule has 2 aliphatic heterocycles. The summed E-state index contributed by atoms with van der Waals surface area (Å²) < 4.78 is 15.7. The zero-order valence-corrected chi connectivity index (χ0v) is 21.8. The molecule has 0 saturated heterocycles. The summed E-state index contributed by atoms with van der Waals surface area (Å²) in [7, 11) is 0. The zero-order chi connectivity index (χ0) is 26.6. The van der Waals surface area contributed by atoms with Crippen molar-refractivity contribution < 1.29 is 9.18 Å². The van der Waals surface area contributed by atoms with Crippen LogP contribution >= 0.6 is 0 Å². The van der Waals surface area contributed by atoms with Crippen LogP contribution in [0.2, 0.25) is 0 Å². The molecule has 0 atom stereocenters. The number of amides is 1. The number of nitrogens with zero attached hydrogens (tertiary/aromatic N) is 7. The van der Waals surface area contributed by atoms with Crippen LogP contribution in [0.3, 0.4) is 0 Å². The fraction of sp³-hybridized carbons (Fsp3) is 0.276. The first-order chi connectivity index (χ1) is 18.2. The molecule has 3 aromatic heterocycles. The lowest BCUT2D eigenvalue weighted by atomic mass is 10.1. The monoisotopic (exact) mass is 509 g/mol. The van der Waals surface area contributed by atoms with Crippen LogP contribution in [0.25, 0.3) is 22.6 Å². The molecule has 4 aromatic rings. The van der Waals surface area contributed by atoms with Crippen LogP contribution in [0.5, 0.6) is 0 Å². The number of benzene rings is 1. The largest absolute Gasteiger partial charge is 0.305 e. The van der Waals surface area contributed by atoms with E-state index in [-0.39, 0.29) is 17.3 Å². The second kappa shape index (κ2) is 8.86. The molecule has 8 nitrogen and oxygen atoms in total. The molecule has 5 heterocycles. The Hall–Kier alpha value is -4.40. The van der Waals surface area contributed by atoms with Crippen molar-refractivity contribution in [1.82, 2.24) is 24.4 Å². The van der Waals surface area contributed by atoms with Crippen LogP contribution in [-0.4, -0.2) is 54.9 Å². The number of rotatable bonds is 5. The molecule has 0 saturated carbocycles. The Labute approximate surface area is 220 Å². The van der Waals surface area contributed by atoms with E-state index in [1.165, 1.54) is 12.1 Å². The molecule has 1 amide bonds. The fourth-order valence-electron chi connectivity index (χ4n) is 5.11. The number of aryl methyl sites for hydroxylation is 1. The van der Waals surface area contributed by atoms with Gasteiger partial charge in [-0.2, -0.15) is 0 Å². The molecular weight excluding hydrogens is 481 g/mol. The molecule has 0 unspecified atom stereocenters. The van der Waals surface area contributed by atoms with Crippen molar-refractivity contribution in [1.29, 1.82) is 0 Å². The number of fused-ring (bicyclic) bond motifs is 3. The maximum atomic E-state index is 13.7. The van der Waals surface area contributed by atoms with Gasteiger partial charge in [0.1, 0.15) is 17.5 Å². The Morgan fingerprint density at radius 2 is 1.82 bits per heavy atom. The van der Waals surface area contributed by atoms with Gasteiger partial charge in [-0.05, 0) is 69.7 Å². The lowest BCUT2D eigenvalue weighted by molar-refractivity contribution is 0.0841. The summed E-state index contributed by atoms with van der Waals surface area (Å²) in [4.78, 5) is 36.1. The number of anilines is 1. The summed E-state index contributed by atoms with van der Waals surface area (Å²) in [6.45, 7) is 9.52. The molecule has 192 valence electrons. The molecule has 0 fully saturated rings. The molecule has 2 aliphatic rings. The van der Waals surface area contributed by atoms with Crippen molar-refractivity contribution in [2.75, 3.05) is 18.0 Å². The lowest BCUT2D eigenvalue weighted by Crippen LogP contribution is -2.51. The van der Waals surface area contributed by atoms with E-state index in [0.29, 0.717) is 42.9 Å². The Bertz CT molecular complexity index is 1570. The third-order valence-electron chi connectivity index (χ3n) is 6.86. The van der Waals surface area contributed by atoms with Gasteiger partial charge in [-0.3, -0.25) is 24.6 Å². The number of carbonyl (C=O) groups excluding carboxylic acids is 1. The van der Waals surface area contributed by atoms with Crippen LogP contribution in [0.15, 0.2) is 65.9 Å². The Morgan fingerprint density at radius 3 is 2.50 bits per heavy atom. The minimum atomic E-state index is -0.359. The minimum absolute atomic E-state index is 0.175. The quantitative estimate of drug-likeness (QED) is 0.381. The topological polar surface area (TPSA) is 79.5 Å². The van der Waals surface area contributed by atoms with Crippen LogP contribution in [0.1, 0.15) is 42.5 Å².